The highest BCUT2D eigenvalue weighted by molar-refractivity contribution is 7.10. The van der Waals surface area contributed by atoms with Crippen LogP contribution in [-0.2, 0) is 25.6 Å². The van der Waals surface area contributed by atoms with Gasteiger partial charge < -0.3 is 14.0 Å². The fourth-order valence-corrected chi connectivity index (χ4v) is 6.98. The number of para-hydroxylation sites is 1. The van der Waals surface area contributed by atoms with Crippen LogP contribution in [0.4, 0.5) is 0 Å². The highest BCUT2D eigenvalue weighted by Crippen LogP contribution is 2.36. The molecular formula is C32H27N3O5S2. The molecular weight excluding hydrogens is 571 g/mol. The first-order valence-corrected chi connectivity index (χ1v) is 15.2. The second kappa shape index (κ2) is 11.8. The second-order valence-corrected chi connectivity index (χ2v) is 11.5. The molecule has 3 aromatic heterocycles. The summed E-state index contributed by atoms with van der Waals surface area (Å²) in [5.74, 6) is -0.838. The van der Waals surface area contributed by atoms with Crippen molar-refractivity contribution in [1.82, 2.24) is 9.13 Å². The molecule has 1 atom stereocenters. The maximum Gasteiger partial charge on any atom is 0.338 e. The number of nitrogens with zero attached hydrogens (tertiary/aromatic N) is 3. The zero-order valence-electron chi connectivity index (χ0n) is 23.0. The van der Waals surface area contributed by atoms with Gasteiger partial charge in [-0.15, -0.1) is 11.3 Å². The molecule has 212 valence electrons. The molecule has 5 aromatic rings. The Labute approximate surface area is 249 Å². The molecule has 1 aliphatic heterocycles. The molecule has 0 spiro atoms. The quantitative estimate of drug-likeness (QED) is 0.246. The number of carbonyl (C=O) groups excluding carboxylic acids is 2. The third kappa shape index (κ3) is 5.03. The van der Waals surface area contributed by atoms with Gasteiger partial charge in [0.2, 0.25) is 0 Å². The van der Waals surface area contributed by atoms with Gasteiger partial charge in [0.25, 0.3) is 5.56 Å². The summed E-state index contributed by atoms with van der Waals surface area (Å²) < 4.78 is 14.6. The molecule has 4 heterocycles. The van der Waals surface area contributed by atoms with Crippen LogP contribution in [0.25, 0.3) is 22.7 Å². The van der Waals surface area contributed by atoms with Gasteiger partial charge in [-0.05, 0) is 37.4 Å². The molecule has 0 saturated heterocycles. The number of hydrogen-bond acceptors (Lipinski definition) is 8. The highest BCUT2D eigenvalue weighted by atomic mass is 32.1. The van der Waals surface area contributed by atoms with Crippen LogP contribution in [0.15, 0.2) is 93.7 Å². The number of aromatic nitrogens is 2. The number of esters is 2. The topological polar surface area (TPSA) is 91.9 Å². The average molecular weight is 598 g/mol. The summed E-state index contributed by atoms with van der Waals surface area (Å²) >= 11 is 2.74. The number of carbonyl (C=O) groups is 2. The molecule has 0 aliphatic carbocycles. The molecule has 8 nitrogen and oxygen atoms in total. The molecule has 0 radical (unpaired) electrons. The zero-order chi connectivity index (χ0) is 29.2. The van der Waals surface area contributed by atoms with Crippen molar-refractivity contribution in [3.63, 3.8) is 0 Å². The molecule has 0 saturated carbocycles. The Morgan fingerprint density at radius 1 is 0.976 bits per heavy atom. The number of benzene rings is 2. The van der Waals surface area contributed by atoms with Crippen LogP contribution in [0.1, 0.15) is 35.9 Å². The SMILES string of the molecule is CCOC(=O)Cn1cc(/C=c2\sc3n(c2=O)[C@H](c2cccs2)C(C(=O)OCC)=C(c2ccccc2)N=3)c2ccccc21. The first-order chi connectivity index (χ1) is 20.5. The molecule has 1 aliphatic rings. The fourth-order valence-electron chi connectivity index (χ4n) is 5.16. The minimum Gasteiger partial charge on any atom is -0.465 e. The normalized spacial score (nSPS) is 15.0. The summed E-state index contributed by atoms with van der Waals surface area (Å²) in [4.78, 5) is 46.1. The minimum absolute atomic E-state index is 0.0607. The van der Waals surface area contributed by atoms with E-state index < -0.39 is 12.0 Å². The summed E-state index contributed by atoms with van der Waals surface area (Å²) in [6.45, 7) is 4.09. The fraction of sp³-hybridized carbons (Fsp3) is 0.188. The van der Waals surface area contributed by atoms with E-state index in [1.165, 1.54) is 22.7 Å². The standard InChI is InChI=1S/C32H27N3O5S2/c1-3-39-26(36)19-34-18-21(22-13-8-9-14-23(22)34)17-25-30(37)35-29(24-15-10-16-41-24)27(31(38)40-4-2)28(33-32(35)42-25)20-11-6-5-7-12-20/h5-18,29H,3-4,19H2,1-2H3/b25-17-/t29-/m1/s1. The van der Waals surface area contributed by atoms with Gasteiger partial charge in [0.05, 0.1) is 29.0 Å². The van der Waals surface area contributed by atoms with E-state index in [4.69, 9.17) is 14.5 Å². The van der Waals surface area contributed by atoms with Gasteiger partial charge >= 0.3 is 11.9 Å². The van der Waals surface area contributed by atoms with E-state index in [0.717, 1.165) is 26.9 Å². The maximum absolute atomic E-state index is 14.1. The minimum atomic E-state index is -0.692. The van der Waals surface area contributed by atoms with E-state index in [1.54, 1.807) is 18.4 Å². The number of rotatable bonds is 8. The first kappa shape index (κ1) is 27.6. The Hall–Kier alpha value is -4.54. The lowest BCUT2D eigenvalue weighted by molar-refractivity contribution is -0.143. The lowest BCUT2D eigenvalue weighted by Crippen LogP contribution is -2.39. The van der Waals surface area contributed by atoms with Crippen LogP contribution < -0.4 is 14.9 Å². The van der Waals surface area contributed by atoms with Crippen LogP contribution in [0.5, 0.6) is 0 Å². The van der Waals surface area contributed by atoms with Gasteiger partial charge in [-0.1, -0.05) is 65.9 Å². The molecule has 0 N–H and O–H groups in total. The molecule has 0 bridgehead atoms. The van der Waals surface area contributed by atoms with Gasteiger partial charge in [-0.25, -0.2) is 9.79 Å². The predicted molar refractivity (Wildman–Crippen MR) is 164 cm³/mol. The van der Waals surface area contributed by atoms with Crippen molar-refractivity contribution in [2.45, 2.75) is 26.4 Å². The number of thiazole rings is 1. The van der Waals surface area contributed by atoms with Crippen molar-refractivity contribution in [2.75, 3.05) is 13.2 Å². The largest absolute Gasteiger partial charge is 0.465 e. The molecule has 0 fully saturated rings. The number of thiophene rings is 1. The summed E-state index contributed by atoms with van der Waals surface area (Å²) in [7, 11) is 0. The van der Waals surface area contributed by atoms with E-state index in [1.807, 2.05) is 89.0 Å². The van der Waals surface area contributed by atoms with Crippen LogP contribution >= 0.6 is 22.7 Å². The Morgan fingerprint density at radius 2 is 1.74 bits per heavy atom. The maximum atomic E-state index is 14.1. The summed E-state index contributed by atoms with van der Waals surface area (Å²) in [5, 5.41) is 2.83. The summed E-state index contributed by atoms with van der Waals surface area (Å²) in [6.07, 6.45) is 3.69. The lowest BCUT2D eigenvalue weighted by Gasteiger charge is -2.24. The molecule has 42 heavy (non-hydrogen) atoms. The van der Waals surface area contributed by atoms with Crippen molar-refractivity contribution in [1.29, 1.82) is 0 Å². The third-order valence-corrected chi connectivity index (χ3v) is 8.80. The van der Waals surface area contributed by atoms with Gasteiger partial charge in [0, 0.05) is 33.1 Å². The monoisotopic (exact) mass is 597 g/mol. The van der Waals surface area contributed by atoms with Crippen LogP contribution in [0.2, 0.25) is 0 Å². The number of fused-ring (bicyclic) bond motifs is 2. The van der Waals surface area contributed by atoms with Crippen molar-refractivity contribution in [3.8, 4) is 0 Å². The zero-order valence-corrected chi connectivity index (χ0v) is 24.6. The van der Waals surface area contributed by atoms with Gasteiger partial charge in [0.15, 0.2) is 4.80 Å². The van der Waals surface area contributed by atoms with E-state index in [2.05, 4.69) is 0 Å². The van der Waals surface area contributed by atoms with Crippen molar-refractivity contribution in [2.24, 2.45) is 4.99 Å². The predicted octanol–water partition coefficient (Wildman–Crippen LogP) is 4.51. The van der Waals surface area contributed by atoms with Crippen LogP contribution in [-0.4, -0.2) is 34.3 Å². The summed E-state index contributed by atoms with van der Waals surface area (Å²) in [5.41, 5.74) is 2.98. The van der Waals surface area contributed by atoms with Crippen molar-refractivity contribution >= 4 is 57.3 Å². The average Bonchev–Trinajstić information content (AvgIpc) is 3.72. The van der Waals surface area contributed by atoms with E-state index >= 15 is 0 Å². The van der Waals surface area contributed by atoms with E-state index in [-0.39, 0.29) is 24.7 Å². The molecule has 6 rings (SSSR count). The smallest absolute Gasteiger partial charge is 0.338 e. The Bertz CT molecular complexity index is 2000. The van der Waals surface area contributed by atoms with Crippen LogP contribution in [0.3, 0.4) is 0 Å². The summed E-state index contributed by atoms with van der Waals surface area (Å²) in [6, 6.07) is 20.3. The van der Waals surface area contributed by atoms with E-state index in [9.17, 15) is 14.4 Å². The number of hydrogen-bond donors (Lipinski definition) is 0. The van der Waals surface area contributed by atoms with Gasteiger partial charge in [-0.2, -0.15) is 0 Å². The third-order valence-electron chi connectivity index (χ3n) is 6.90. The second-order valence-electron chi connectivity index (χ2n) is 9.48. The molecule has 10 heteroatoms. The Balaban J connectivity index is 1.58. The van der Waals surface area contributed by atoms with Crippen molar-refractivity contribution < 1.29 is 19.1 Å². The van der Waals surface area contributed by atoms with Gasteiger partial charge in [0.1, 0.15) is 12.6 Å². The van der Waals surface area contributed by atoms with Crippen molar-refractivity contribution in [3.05, 3.63) is 120 Å². The first-order valence-electron chi connectivity index (χ1n) is 13.6. The number of ether oxygens (including phenoxy) is 2. The van der Waals surface area contributed by atoms with Gasteiger partial charge in [-0.3, -0.25) is 14.2 Å². The highest BCUT2D eigenvalue weighted by Gasteiger charge is 2.35. The Kier molecular flexibility index (Phi) is 7.73. The van der Waals surface area contributed by atoms with Crippen LogP contribution in [0, 0.1) is 0 Å². The van der Waals surface area contributed by atoms with E-state index in [0.29, 0.717) is 27.2 Å². The molecule has 0 unspecified atom stereocenters. The molecule has 2 aromatic carbocycles. The molecule has 0 amide bonds. The Morgan fingerprint density at radius 3 is 2.48 bits per heavy atom. The lowest BCUT2D eigenvalue weighted by atomic mass is 9.97.